The molecule has 1 aromatic rings. The fourth-order valence-electron chi connectivity index (χ4n) is 2.77. The lowest BCUT2D eigenvalue weighted by Gasteiger charge is -2.31. The summed E-state index contributed by atoms with van der Waals surface area (Å²) in [5.41, 5.74) is 1.10. The largest absolute Gasteiger partial charge is 0.488 e. The van der Waals surface area contributed by atoms with E-state index in [9.17, 15) is 4.79 Å². The van der Waals surface area contributed by atoms with Gasteiger partial charge in [0.05, 0.1) is 6.54 Å². The lowest BCUT2D eigenvalue weighted by atomic mass is 9.98. The molecular formula is C18H28N2O3. The number of carbonyl (C=O) groups excluding carboxylic acids is 1. The van der Waals surface area contributed by atoms with Crippen LogP contribution in [0, 0.1) is 12.8 Å². The summed E-state index contributed by atoms with van der Waals surface area (Å²) < 4.78 is 6.00. The number of carbonyl (C=O) groups is 1. The average Bonchev–Trinajstić information content (AvgIpc) is 2.60. The molecule has 128 valence electrons. The molecule has 0 aliphatic carbocycles. The molecule has 1 unspecified atom stereocenters. The molecular weight excluding hydrogens is 292 g/mol. The van der Waals surface area contributed by atoms with Crippen molar-refractivity contribution in [2.75, 3.05) is 26.2 Å². The number of para-hydroxylation sites is 1. The molecule has 1 atom stereocenters. The summed E-state index contributed by atoms with van der Waals surface area (Å²) in [6.45, 7) is 6.23. The second kappa shape index (κ2) is 8.77. The molecule has 1 fully saturated rings. The van der Waals surface area contributed by atoms with Crippen molar-refractivity contribution >= 4 is 6.03 Å². The first kappa shape index (κ1) is 17.6. The molecule has 1 aromatic carbocycles. The van der Waals surface area contributed by atoms with Crippen molar-refractivity contribution in [3.8, 4) is 5.75 Å². The number of hydrogen-bond donors (Lipinski definition) is 2. The van der Waals surface area contributed by atoms with Crippen LogP contribution in [0.4, 0.5) is 4.79 Å². The molecule has 1 heterocycles. The Morgan fingerprint density at radius 2 is 2.09 bits per heavy atom. The van der Waals surface area contributed by atoms with Gasteiger partial charge in [0.25, 0.3) is 0 Å². The van der Waals surface area contributed by atoms with E-state index >= 15 is 0 Å². The number of nitrogens with zero attached hydrogens (tertiary/aromatic N) is 1. The number of urea groups is 1. The van der Waals surface area contributed by atoms with E-state index in [1.807, 2.05) is 36.1 Å². The number of ether oxygens (including phenoxy) is 1. The Kier molecular flexibility index (Phi) is 6.71. The highest BCUT2D eigenvalue weighted by molar-refractivity contribution is 5.74. The third-order valence-electron chi connectivity index (χ3n) is 4.48. The molecule has 2 rings (SSSR count). The van der Waals surface area contributed by atoms with Crippen LogP contribution < -0.4 is 10.1 Å². The van der Waals surface area contributed by atoms with E-state index in [-0.39, 0.29) is 18.7 Å². The van der Waals surface area contributed by atoms with E-state index in [1.165, 1.54) is 0 Å². The van der Waals surface area contributed by atoms with Gasteiger partial charge in [-0.1, -0.05) is 25.1 Å². The zero-order valence-electron chi connectivity index (χ0n) is 14.1. The molecule has 1 aliphatic heterocycles. The van der Waals surface area contributed by atoms with E-state index in [2.05, 4.69) is 12.2 Å². The van der Waals surface area contributed by atoms with Crippen molar-refractivity contribution in [1.82, 2.24) is 10.2 Å². The number of benzene rings is 1. The summed E-state index contributed by atoms with van der Waals surface area (Å²) in [7, 11) is 0. The fourth-order valence-corrected chi connectivity index (χ4v) is 2.77. The van der Waals surface area contributed by atoms with Crippen molar-refractivity contribution in [3.05, 3.63) is 29.8 Å². The average molecular weight is 320 g/mol. The maximum atomic E-state index is 12.2. The third-order valence-corrected chi connectivity index (χ3v) is 4.48. The molecule has 0 bridgehead atoms. The summed E-state index contributed by atoms with van der Waals surface area (Å²) in [6, 6.07) is 7.89. The quantitative estimate of drug-likeness (QED) is 0.847. The second-order valence-electron chi connectivity index (χ2n) is 6.21. The van der Waals surface area contributed by atoms with Crippen LogP contribution in [0.5, 0.6) is 5.75 Å². The van der Waals surface area contributed by atoms with Gasteiger partial charge in [-0.05, 0) is 43.7 Å². The predicted molar refractivity (Wildman–Crippen MR) is 90.7 cm³/mol. The van der Waals surface area contributed by atoms with Gasteiger partial charge in [0.15, 0.2) is 0 Å². The molecule has 2 amide bonds. The van der Waals surface area contributed by atoms with E-state index in [0.29, 0.717) is 25.6 Å². The highest BCUT2D eigenvalue weighted by atomic mass is 16.5. The monoisotopic (exact) mass is 320 g/mol. The van der Waals surface area contributed by atoms with Gasteiger partial charge in [0.2, 0.25) is 0 Å². The van der Waals surface area contributed by atoms with Gasteiger partial charge in [-0.15, -0.1) is 0 Å². The SMILES string of the molecule is CCC(CNC(=O)N1CCC(CO)CC1)Oc1ccccc1C. The number of nitrogens with one attached hydrogen (secondary N) is 1. The summed E-state index contributed by atoms with van der Waals surface area (Å²) in [5.74, 6) is 1.21. The van der Waals surface area contributed by atoms with E-state index in [1.54, 1.807) is 0 Å². The Labute approximate surface area is 138 Å². The summed E-state index contributed by atoms with van der Waals surface area (Å²) in [5, 5.41) is 12.1. The minimum absolute atomic E-state index is 0.0324. The number of likely N-dealkylation sites (tertiary alicyclic amines) is 1. The highest BCUT2D eigenvalue weighted by Crippen LogP contribution is 2.19. The Balaban J connectivity index is 1.79. The molecule has 0 saturated carbocycles. The van der Waals surface area contributed by atoms with Crippen LogP contribution in [0.1, 0.15) is 31.7 Å². The van der Waals surface area contributed by atoms with E-state index < -0.39 is 0 Å². The molecule has 5 nitrogen and oxygen atoms in total. The number of hydrogen-bond acceptors (Lipinski definition) is 3. The Morgan fingerprint density at radius 3 is 2.70 bits per heavy atom. The zero-order chi connectivity index (χ0) is 16.7. The predicted octanol–water partition coefficient (Wildman–Crippen LogP) is 2.57. The molecule has 1 saturated heterocycles. The number of aliphatic hydroxyl groups excluding tert-OH is 1. The number of rotatable bonds is 6. The zero-order valence-corrected chi connectivity index (χ0v) is 14.1. The van der Waals surface area contributed by atoms with Crippen LogP contribution in [-0.4, -0.2) is 48.4 Å². The Bertz CT molecular complexity index is 499. The van der Waals surface area contributed by atoms with Crippen LogP contribution in [-0.2, 0) is 0 Å². The van der Waals surface area contributed by atoms with Crippen LogP contribution in [0.25, 0.3) is 0 Å². The topological polar surface area (TPSA) is 61.8 Å². The number of piperidine rings is 1. The van der Waals surface area contributed by atoms with E-state index in [4.69, 9.17) is 9.84 Å². The minimum atomic E-state index is -0.0341. The molecule has 1 aliphatic rings. The first-order chi connectivity index (χ1) is 11.1. The molecule has 0 radical (unpaired) electrons. The smallest absolute Gasteiger partial charge is 0.317 e. The van der Waals surface area contributed by atoms with Crippen molar-refractivity contribution in [2.24, 2.45) is 5.92 Å². The molecule has 0 aromatic heterocycles. The number of aryl methyl sites for hydroxylation is 1. The van der Waals surface area contributed by atoms with Gasteiger partial charge in [-0.25, -0.2) is 4.79 Å². The summed E-state index contributed by atoms with van der Waals surface area (Å²) >= 11 is 0. The van der Waals surface area contributed by atoms with Gasteiger partial charge in [-0.3, -0.25) is 0 Å². The minimum Gasteiger partial charge on any atom is -0.488 e. The van der Waals surface area contributed by atoms with Crippen LogP contribution in [0.15, 0.2) is 24.3 Å². The fraction of sp³-hybridized carbons (Fsp3) is 0.611. The lowest BCUT2D eigenvalue weighted by molar-refractivity contribution is 0.132. The highest BCUT2D eigenvalue weighted by Gasteiger charge is 2.22. The first-order valence-corrected chi connectivity index (χ1v) is 8.50. The molecule has 2 N–H and O–H groups in total. The Morgan fingerprint density at radius 1 is 1.39 bits per heavy atom. The van der Waals surface area contributed by atoms with Gasteiger partial charge < -0.3 is 20.1 Å². The standard InChI is InChI=1S/C18H28N2O3/c1-3-16(23-17-7-5-4-6-14(17)2)12-19-18(22)20-10-8-15(13-21)9-11-20/h4-7,15-16,21H,3,8-13H2,1-2H3,(H,19,22). The summed E-state index contributed by atoms with van der Waals surface area (Å²) in [6.07, 6.45) is 2.55. The molecule has 23 heavy (non-hydrogen) atoms. The lowest BCUT2D eigenvalue weighted by Crippen LogP contribution is -2.47. The van der Waals surface area contributed by atoms with Gasteiger partial charge in [-0.2, -0.15) is 0 Å². The van der Waals surface area contributed by atoms with Crippen molar-refractivity contribution in [1.29, 1.82) is 0 Å². The van der Waals surface area contributed by atoms with Crippen molar-refractivity contribution in [2.45, 2.75) is 39.2 Å². The van der Waals surface area contributed by atoms with Crippen molar-refractivity contribution in [3.63, 3.8) is 0 Å². The van der Waals surface area contributed by atoms with Crippen molar-refractivity contribution < 1.29 is 14.6 Å². The molecule has 0 spiro atoms. The third kappa shape index (κ3) is 5.13. The second-order valence-corrected chi connectivity index (χ2v) is 6.21. The van der Waals surface area contributed by atoms with Crippen LogP contribution >= 0.6 is 0 Å². The maximum Gasteiger partial charge on any atom is 0.317 e. The van der Waals surface area contributed by atoms with Crippen LogP contribution in [0.2, 0.25) is 0 Å². The van der Waals surface area contributed by atoms with Gasteiger partial charge in [0.1, 0.15) is 11.9 Å². The normalized spacial score (nSPS) is 16.9. The Hall–Kier alpha value is -1.75. The van der Waals surface area contributed by atoms with E-state index in [0.717, 1.165) is 30.6 Å². The first-order valence-electron chi connectivity index (χ1n) is 8.50. The summed E-state index contributed by atoms with van der Waals surface area (Å²) in [4.78, 5) is 14.1. The van der Waals surface area contributed by atoms with Gasteiger partial charge >= 0.3 is 6.03 Å². The maximum absolute atomic E-state index is 12.2. The van der Waals surface area contributed by atoms with Gasteiger partial charge in [0, 0.05) is 19.7 Å². The number of aliphatic hydroxyl groups is 1. The van der Waals surface area contributed by atoms with Crippen LogP contribution in [0.3, 0.4) is 0 Å². The molecule has 5 heteroatoms. The number of amides is 2.